The van der Waals surface area contributed by atoms with Crippen LogP contribution in [-0.4, -0.2) is 9.55 Å². The summed E-state index contributed by atoms with van der Waals surface area (Å²) in [5.41, 5.74) is 7.36. The Kier molecular flexibility index (Phi) is 6.15. The van der Waals surface area contributed by atoms with Crippen LogP contribution in [0.25, 0.3) is 82.1 Å². The normalized spacial score (nSPS) is 15.2. The van der Waals surface area contributed by atoms with Crippen LogP contribution < -0.4 is 15.9 Å². The van der Waals surface area contributed by atoms with E-state index < -0.39 is 7.14 Å². The molecule has 0 N–H and O–H groups in total. The number of rotatable bonds is 3. The average molecular weight is 683 g/mol. The van der Waals surface area contributed by atoms with Crippen molar-refractivity contribution < 1.29 is 4.57 Å². The molecule has 10 aromatic rings. The molecule has 1 unspecified atom stereocenters. The van der Waals surface area contributed by atoms with Gasteiger partial charge in [-0.2, -0.15) is 0 Å². The van der Waals surface area contributed by atoms with Crippen molar-refractivity contribution >= 4 is 77.2 Å². The van der Waals surface area contributed by atoms with Gasteiger partial charge < -0.3 is 4.57 Å². The van der Waals surface area contributed by atoms with Gasteiger partial charge in [0.2, 0.25) is 0 Å². The van der Waals surface area contributed by atoms with Crippen LogP contribution in [0.5, 0.6) is 0 Å². The van der Waals surface area contributed by atoms with Crippen molar-refractivity contribution in [3.63, 3.8) is 0 Å². The summed E-state index contributed by atoms with van der Waals surface area (Å²) in [7, 11) is -3.28. The Morgan fingerprint density at radius 2 is 1.04 bits per heavy atom. The molecule has 0 aliphatic carbocycles. The molecule has 0 bridgehead atoms. The minimum atomic E-state index is -3.28. The number of fused-ring (bicyclic) bond motifs is 7. The third kappa shape index (κ3) is 3.97. The van der Waals surface area contributed by atoms with E-state index in [-0.39, 0.29) is 0 Å². The van der Waals surface area contributed by atoms with Gasteiger partial charge in [-0.1, -0.05) is 140 Å². The summed E-state index contributed by atoms with van der Waals surface area (Å²) in [5, 5.41) is 12.2. The second-order valence-corrected chi connectivity index (χ2v) is 16.5. The highest BCUT2D eigenvalue weighted by atomic mass is 31.2. The smallest absolute Gasteiger partial charge is 0.175 e. The standard InChI is InChI=1S/C48H31N2OP/c1-30-49-42-20-11-21-44-48(42)50(30)43-27-26-34(29-45(43)52(44,51)35-13-3-2-4-14-35)47-39-18-9-7-16-37(39)46(38-17-8-10-19-40(38)47)33-25-24-32-23-22-31-12-5-6-15-36(31)41(32)28-33/h2-29H,1H3. The van der Waals surface area contributed by atoms with Crippen LogP contribution in [0, 0.1) is 6.92 Å². The van der Waals surface area contributed by atoms with Crippen molar-refractivity contribution in [1.82, 2.24) is 9.55 Å². The van der Waals surface area contributed by atoms with Crippen molar-refractivity contribution in [2.75, 3.05) is 0 Å². The molecule has 244 valence electrons. The molecule has 1 aromatic heterocycles. The molecule has 0 radical (unpaired) electrons. The van der Waals surface area contributed by atoms with Gasteiger partial charge in [-0.15, -0.1) is 0 Å². The van der Waals surface area contributed by atoms with Crippen LogP contribution >= 0.6 is 7.14 Å². The van der Waals surface area contributed by atoms with Gasteiger partial charge in [0.1, 0.15) is 5.82 Å². The molecule has 1 aliphatic rings. The summed E-state index contributed by atoms with van der Waals surface area (Å²) in [6, 6.07) is 60.1. The Balaban J connectivity index is 1.22. The van der Waals surface area contributed by atoms with E-state index in [1.165, 1.54) is 54.2 Å². The SMILES string of the molecule is Cc1nc2cccc3c2n1-c1ccc(-c2c4ccccc4c(-c4ccc5ccc6ccccc6c5c4)c4ccccc24)cc1P3(=O)c1ccccc1. The molecule has 1 atom stereocenters. The zero-order chi connectivity index (χ0) is 34.6. The molecule has 0 amide bonds. The largest absolute Gasteiger partial charge is 0.308 e. The van der Waals surface area contributed by atoms with Gasteiger partial charge in [-0.05, 0) is 103 Å². The first kappa shape index (κ1) is 29.5. The average Bonchev–Trinajstić information content (AvgIpc) is 3.55. The summed E-state index contributed by atoms with van der Waals surface area (Å²) in [6.45, 7) is 2.04. The maximum atomic E-state index is 16.0. The first-order chi connectivity index (χ1) is 25.6. The van der Waals surface area contributed by atoms with Gasteiger partial charge in [0.05, 0.1) is 16.7 Å². The number of hydrogen-bond donors (Lipinski definition) is 0. The second kappa shape index (κ2) is 10.9. The van der Waals surface area contributed by atoms with Gasteiger partial charge in [0, 0.05) is 15.9 Å². The number of aromatic nitrogens is 2. The highest BCUT2D eigenvalue weighted by Gasteiger charge is 2.39. The van der Waals surface area contributed by atoms with Crippen LogP contribution in [-0.2, 0) is 4.57 Å². The van der Waals surface area contributed by atoms with Crippen molar-refractivity contribution in [3.05, 3.63) is 176 Å². The molecule has 52 heavy (non-hydrogen) atoms. The molecule has 3 nitrogen and oxygen atoms in total. The molecule has 0 saturated carbocycles. The lowest BCUT2D eigenvalue weighted by Crippen LogP contribution is -2.33. The second-order valence-electron chi connectivity index (χ2n) is 13.9. The lowest BCUT2D eigenvalue weighted by molar-refractivity contribution is 0.592. The topological polar surface area (TPSA) is 34.9 Å². The van der Waals surface area contributed by atoms with Gasteiger partial charge >= 0.3 is 0 Å². The third-order valence-electron chi connectivity index (χ3n) is 11.1. The molecule has 4 heteroatoms. The van der Waals surface area contributed by atoms with Gasteiger partial charge in [-0.3, -0.25) is 4.57 Å². The molecule has 11 rings (SSSR count). The third-order valence-corrected chi connectivity index (χ3v) is 14.2. The van der Waals surface area contributed by atoms with Gasteiger partial charge in [-0.25, -0.2) is 4.98 Å². The quantitative estimate of drug-likeness (QED) is 0.106. The molecule has 0 saturated heterocycles. The maximum absolute atomic E-state index is 16.0. The number of hydrogen-bond acceptors (Lipinski definition) is 2. The van der Waals surface area contributed by atoms with Crippen LogP contribution in [0.2, 0.25) is 0 Å². The van der Waals surface area contributed by atoms with E-state index in [9.17, 15) is 0 Å². The number of imidazole rings is 1. The Morgan fingerprint density at radius 1 is 0.481 bits per heavy atom. The monoisotopic (exact) mass is 682 g/mol. The molecule has 9 aromatic carbocycles. The fourth-order valence-corrected chi connectivity index (χ4v) is 11.9. The first-order valence-corrected chi connectivity index (χ1v) is 19.5. The fourth-order valence-electron chi connectivity index (χ4n) is 8.85. The minimum Gasteiger partial charge on any atom is -0.308 e. The molecule has 2 heterocycles. The predicted octanol–water partition coefficient (Wildman–Crippen LogP) is 11.2. The first-order valence-electron chi connectivity index (χ1n) is 17.7. The lowest BCUT2D eigenvalue weighted by Gasteiger charge is -2.29. The summed E-state index contributed by atoms with van der Waals surface area (Å²) >= 11 is 0. The summed E-state index contributed by atoms with van der Waals surface area (Å²) in [5.74, 6) is 0.888. The number of para-hydroxylation sites is 1. The molecule has 0 fully saturated rings. The van der Waals surface area contributed by atoms with Crippen LogP contribution in [0.4, 0.5) is 0 Å². The van der Waals surface area contributed by atoms with Crippen molar-refractivity contribution in [2.24, 2.45) is 0 Å². The molecular formula is C48H31N2OP. The lowest BCUT2D eigenvalue weighted by atomic mass is 9.85. The Morgan fingerprint density at radius 3 is 1.73 bits per heavy atom. The summed E-state index contributed by atoms with van der Waals surface area (Å²) < 4.78 is 18.2. The summed E-state index contributed by atoms with van der Waals surface area (Å²) in [6.07, 6.45) is 0. The van der Waals surface area contributed by atoms with Crippen LogP contribution in [0.15, 0.2) is 170 Å². The molecule has 1 aliphatic heterocycles. The van der Waals surface area contributed by atoms with Crippen LogP contribution in [0.1, 0.15) is 5.82 Å². The predicted molar refractivity (Wildman–Crippen MR) is 220 cm³/mol. The number of benzene rings is 9. The van der Waals surface area contributed by atoms with Gasteiger partial charge in [0.25, 0.3) is 0 Å². The van der Waals surface area contributed by atoms with Crippen LogP contribution in [0.3, 0.4) is 0 Å². The van der Waals surface area contributed by atoms with E-state index in [1.54, 1.807) is 0 Å². The number of nitrogens with zero attached hydrogens (tertiary/aromatic N) is 2. The van der Waals surface area contributed by atoms with E-state index in [4.69, 9.17) is 4.98 Å². The number of aryl methyl sites for hydroxylation is 1. The van der Waals surface area contributed by atoms with Crippen molar-refractivity contribution in [1.29, 1.82) is 0 Å². The Bertz CT molecular complexity index is 3120. The van der Waals surface area contributed by atoms with E-state index in [0.29, 0.717) is 0 Å². The van der Waals surface area contributed by atoms with E-state index in [1.807, 2.05) is 55.5 Å². The van der Waals surface area contributed by atoms with E-state index in [0.717, 1.165) is 49.6 Å². The Labute approximate surface area is 300 Å². The molecule has 0 spiro atoms. The van der Waals surface area contributed by atoms with E-state index in [2.05, 4.69) is 126 Å². The maximum Gasteiger partial charge on any atom is 0.175 e. The van der Waals surface area contributed by atoms with E-state index >= 15 is 4.57 Å². The van der Waals surface area contributed by atoms with Gasteiger partial charge in [0.15, 0.2) is 7.14 Å². The Hall–Kier alpha value is -6.28. The molecular weight excluding hydrogens is 652 g/mol. The minimum absolute atomic E-state index is 0.833. The van der Waals surface area contributed by atoms with Crippen molar-refractivity contribution in [3.8, 4) is 27.9 Å². The summed E-state index contributed by atoms with van der Waals surface area (Å²) in [4.78, 5) is 4.92. The van der Waals surface area contributed by atoms with Crippen molar-refractivity contribution in [2.45, 2.75) is 6.92 Å². The highest BCUT2D eigenvalue weighted by molar-refractivity contribution is 7.86. The highest BCUT2D eigenvalue weighted by Crippen LogP contribution is 2.51. The zero-order valence-electron chi connectivity index (χ0n) is 28.4. The fraction of sp³-hybridized carbons (Fsp3) is 0.0208. The zero-order valence-corrected chi connectivity index (χ0v) is 29.3.